The molecule has 0 spiro atoms. The van der Waals surface area contributed by atoms with E-state index in [0.29, 0.717) is 30.3 Å². The van der Waals surface area contributed by atoms with Crippen molar-refractivity contribution in [3.05, 3.63) is 68.5 Å². The van der Waals surface area contributed by atoms with E-state index in [-0.39, 0.29) is 24.4 Å². The van der Waals surface area contributed by atoms with Gasteiger partial charge in [0.2, 0.25) is 5.91 Å². The zero-order valence-electron chi connectivity index (χ0n) is 18.9. The van der Waals surface area contributed by atoms with E-state index < -0.39 is 0 Å². The van der Waals surface area contributed by atoms with Crippen molar-refractivity contribution in [3.63, 3.8) is 0 Å². The molecule has 1 atom stereocenters. The van der Waals surface area contributed by atoms with Gasteiger partial charge in [0.25, 0.3) is 5.91 Å². The van der Waals surface area contributed by atoms with Gasteiger partial charge in [0.05, 0.1) is 18.0 Å². The van der Waals surface area contributed by atoms with Crippen LogP contribution in [0.5, 0.6) is 11.5 Å². The molecule has 33 heavy (non-hydrogen) atoms. The lowest BCUT2D eigenvalue weighted by Gasteiger charge is -2.37. The lowest BCUT2D eigenvalue weighted by molar-refractivity contribution is -0.135. The van der Waals surface area contributed by atoms with Gasteiger partial charge in [-0.25, -0.2) is 0 Å². The minimum absolute atomic E-state index is 0.0514. The summed E-state index contributed by atoms with van der Waals surface area (Å²) in [6.07, 6.45) is 1.61. The lowest BCUT2D eigenvalue weighted by atomic mass is 10.0. The van der Waals surface area contributed by atoms with Gasteiger partial charge >= 0.3 is 0 Å². The molecule has 0 aliphatic carbocycles. The van der Waals surface area contributed by atoms with Gasteiger partial charge in [-0.2, -0.15) is 0 Å². The summed E-state index contributed by atoms with van der Waals surface area (Å²) in [4.78, 5) is 31.9. The Morgan fingerprint density at radius 1 is 1.12 bits per heavy atom. The van der Waals surface area contributed by atoms with Gasteiger partial charge in [-0.05, 0) is 53.4 Å². The van der Waals surface area contributed by atoms with Gasteiger partial charge in [0.15, 0.2) is 0 Å². The quantitative estimate of drug-likeness (QED) is 0.435. The number of carbonyl (C=O) groups is 2. The Labute approximate surface area is 202 Å². The maximum Gasteiger partial charge on any atom is 0.264 e. The fourth-order valence-corrected chi connectivity index (χ4v) is 5.69. The van der Waals surface area contributed by atoms with E-state index in [1.54, 1.807) is 23.3 Å². The second-order valence-electron chi connectivity index (χ2n) is 7.85. The second-order valence-corrected chi connectivity index (χ2v) is 9.79. The largest absolute Gasteiger partial charge is 0.497 e. The number of hydrogen-bond donors (Lipinski definition) is 0. The number of fused-ring (bicyclic) bond motifs is 1. The third-order valence-corrected chi connectivity index (χ3v) is 7.56. The number of nitrogens with zero attached hydrogens (tertiary/aromatic N) is 2. The van der Waals surface area contributed by atoms with Gasteiger partial charge in [-0.1, -0.05) is 19.1 Å². The predicted octanol–water partition coefficient (Wildman–Crippen LogP) is 4.88. The summed E-state index contributed by atoms with van der Waals surface area (Å²) >= 11 is 3.12. The van der Waals surface area contributed by atoms with Crippen molar-refractivity contribution in [2.24, 2.45) is 0 Å². The summed E-state index contributed by atoms with van der Waals surface area (Å²) in [6.45, 7) is 3.59. The lowest BCUT2D eigenvalue weighted by Crippen LogP contribution is -2.48. The fourth-order valence-electron chi connectivity index (χ4n) is 4.07. The minimum Gasteiger partial charge on any atom is -0.497 e. The van der Waals surface area contributed by atoms with E-state index in [4.69, 9.17) is 9.47 Å². The van der Waals surface area contributed by atoms with E-state index in [1.807, 2.05) is 53.6 Å². The smallest absolute Gasteiger partial charge is 0.264 e. The number of ether oxygens (including phenoxy) is 2. The Morgan fingerprint density at radius 3 is 2.73 bits per heavy atom. The Balaban J connectivity index is 1.51. The minimum atomic E-state index is -0.195. The van der Waals surface area contributed by atoms with Crippen LogP contribution in [-0.2, 0) is 11.2 Å². The van der Waals surface area contributed by atoms with Crippen molar-refractivity contribution in [1.82, 2.24) is 9.80 Å². The number of hydrogen-bond acceptors (Lipinski definition) is 6. The van der Waals surface area contributed by atoms with Crippen molar-refractivity contribution >= 4 is 34.5 Å². The third-order valence-electron chi connectivity index (χ3n) is 5.70. The van der Waals surface area contributed by atoms with Crippen LogP contribution in [0.15, 0.2) is 53.2 Å². The van der Waals surface area contributed by atoms with E-state index in [2.05, 4.69) is 11.4 Å². The third kappa shape index (κ3) is 5.39. The van der Waals surface area contributed by atoms with Crippen LogP contribution in [0.4, 0.5) is 0 Å². The SMILES string of the molecule is CCCN(CC(=O)N1CCc2sccc2C1COc1cccc(OC)c1)C(=O)c1cccs1. The van der Waals surface area contributed by atoms with Crippen molar-refractivity contribution in [2.75, 3.05) is 33.4 Å². The number of rotatable bonds is 9. The Hall–Kier alpha value is -2.84. The molecule has 174 valence electrons. The second kappa shape index (κ2) is 10.9. The molecule has 0 N–H and O–H groups in total. The van der Waals surface area contributed by atoms with Gasteiger partial charge in [-0.3, -0.25) is 9.59 Å². The average molecular weight is 485 g/mol. The summed E-state index contributed by atoms with van der Waals surface area (Å²) in [5.41, 5.74) is 1.13. The number of methoxy groups -OCH3 is 1. The average Bonchev–Trinajstić information content (AvgIpc) is 3.54. The highest BCUT2D eigenvalue weighted by molar-refractivity contribution is 7.12. The van der Waals surface area contributed by atoms with Crippen LogP contribution in [0.3, 0.4) is 0 Å². The standard InChI is InChI=1S/C25H28N2O4S2/c1-3-11-26(25(29)23-8-5-13-32-23)16-24(28)27-12-9-22-20(10-14-33-22)21(27)17-31-19-7-4-6-18(15-19)30-2/h4-8,10,13-15,21H,3,9,11-12,16-17H2,1-2H3. The molecule has 1 aromatic carbocycles. The number of benzene rings is 1. The topological polar surface area (TPSA) is 59.1 Å². The Kier molecular flexibility index (Phi) is 7.67. The number of carbonyl (C=O) groups excluding carboxylic acids is 2. The Morgan fingerprint density at radius 2 is 1.97 bits per heavy atom. The number of amides is 2. The van der Waals surface area contributed by atoms with E-state index in [1.165, 1.54) is 16.2 Å². The molecule has 6 nitrogen and oxygen atoms in total. The zero-order chi connectivity index (χ0) is 23.2. The van der Waals surface area contributed by atoms with Crippen molar-refractivity contribution < 1.29 is 19.1 Å². The molecule has 0 fully saturated rings. The van der Waals surface area contributed by atoms with Crippen LogP contribution >= 0.6 is 22.7 Å². The van der Waals surface area contributed by atoms with Crippen LogP contribution in [0.1, 0.15) is 39.5 Å². The van der Waals surface area contributed by atoms with Gasteiger partial charge < -0.3 is 19.3 Å². The molecule has 3 heterocycles. The van der Waals surface area contributed by atoms with Crippen molar-refractivity contribution in [3.8, 4) is 11.5 Å². The van der Waals surface area contributed by atoms with E-state index in [0.717, 1.165) is 24.2 Å². The first kappa shape index (κ1) is 23.3. The summed E-state index contributed by atoms with van der Waals surface area (Å²) in [5, 5.41) is 3.95. The molecule has 4 rings (SSSR count). The highest BCUT2D eigenvalue weighted by Gasteiger charge is 2.33. The van der Waals surface area contributed by atoms with E-state index >= 15 is 0 Å². The molecule has 2 aromatic heterocycles. The fraction of sp³-hybridized carbons (Fsp3) is 0.360. The first-order valence-corrected chi connectivity index (χ1v) is 12.8. The molecular weight excluding hydrogens is 456 g/mol. The van der Waals surface area contributed by atoms with Crippen LogP contribution in [-0.4, -0.2) is 55.0 Å². The summed E-state index contributed by atoms with van der Waals surface area (Å²) < 4.78 is 11.4. The molecule has 0 bridgehead atoms. The maximum absolute atomic E-state index is 13.5. The monoisotopic (exact) mass is 484 g/mol. The first-order valence-electron chi connectivity index (χ1n) is 11.1. The number of thiophene rings is 2. The molecule has 3 aromatic rings. The zero-order valence-corrected chi connectivity index (χ0v) is 20.5. The van der Waals surface area contributed by atoms with Crippen LogP contribution in [0.2, 0.25) is 0 Å². The molecule has 8 heteroatoms. The highest BCUT2D eigenvalue weighted by atomic mass is 32.1. The van der Waals surface area contributed by atoms with Gasteiger partial charge in [0.1, 0.15) is 24.7 Å². The van der Waals surface area contributed by atoms with E-state index in [9.17, 15) is 9.59 Å². The van der Waals surface area contributed by atoms with Crippen molar-refractivity contribution in [1.29, 1.82) is 0 Å². The Bertz CT molecular complexity index is 1080. The van der Waals surface area contributed by atoms with Crippen LogP contribution < -0.4 is 9.47 Å². The molecule has 2 amide bonds. The van der Waals surface area contributed by atoms with Gasteiger partial charge in [0, 0.05) is 24.0 Å². The van der Waals surface area contributed by atoms with Crippen LogP contribution in [0, 0.1) is 0 Å². The molecule has 1 aliphatic heterocycles. The molecular formula is C25H28N2O4S2. The molecule has 0 saturated carbocycles. The maximum atomic E-state index is 13.5. The summed E-state index contributed by atoms with van der Waals surface area (Å²) in [7, 11) is 1.62. The first-order chi connectivity index (χ1) is 16.1. The normalized spacial score (nSPS) is 15.1. The van der Waals surface area contributed by atoms with Crippen molar-refractivity contribution in [2.45, 2.75) is 25.8 Å². The molecule has 1 aliphatic rings. The molecule has 1 unspecified atom stereocenters. The highest BCUT2D eigenvalue weighted by Crippen LogP contribution is 2.34. The van der Waals surface area contributed by atoms with Crippen LogP contribution in [0.25, 0.3) is 0 Å². The molecule has 0 radical (unpaired) electrons. The van der Waals surface area contributed by atoms with Gasteiger partial charge in [-0.15, -0.1) is 22.7 Å². The molecule has 0 saturated heterocycles. The predicted molar refractivity (Wildman–Crippen MR) is 131 cm³/mol. The summed E-state index contributed by atoms with van der Waals surface area (Å²) in [5.74, 6) is 1.29. The summed E-state index contributed by atoms with van der Waals surface area (Å²) in [6, 6.07) is 13.0.